The van der Waals surface area contributed by atoms with Gasteiger partial charge >= 0.3 is 0 Å². The molecule has 0 bridgehead atoms. The maximum atomic E-state index is 5.64. The molecule has 1 rings (SSSR count). The minimum Gasteiger partial charge on any atom is -0.493 e. The molecule has 0 spiro atoms. The molecular weight excluding hydrogens is 208 g/mol. The molecule has 0 saturated carbocycles. The van der Waals surface area contributed by atoms with Gasteiger partial charge in [0.1, 0.15) is 5.75 Å². The first-order valence-corrected chi connectivity index (χ1v) is 6.03. The zero-order chi connectivity index (χ0) is 11.1. The van der Waals surface area contributed by atoms with Gasteiger partial charge in [0.15, 0.2) is 0 Å². The van der Waals surface area contributed by atoms with Crippen LogP contribution in [-0.4, -0.2) is 12.5 Å². The third-order valence-electron chi connectivity index (χ3n) is 2.11. The Kier molecular flexibility index (Phi) is 5.56. The molecule has 0 unspecified atom stereocenters. The molecule has 0 fully saturated rings. The monoisotopic (exact) mass is 226 g/mol. The fraction of sp³-hybridized carbons (Fsp3) is 0.538. The van der Waals surface area contributed by atoms with Crippen LogP contribution in [0, 0.1) is 5.92 Å². The van der Waals surface area contributed by atoms with Crippen molar-refractivity contribution in [3.63, 3.8) is 0 Å². The van der Waals surface area contributed by atoms with E-state index in [2.05, 4.69) is 26.0 Å². The summed E-state index contributed by atoms with van der Waals surface area (Å²) in [5, 5.41) is 0. The Morgan fingerprint density at radius 3 is 2.40 bits per heavy atom. The molecule has 2 heteroatoms. The molecule has 1 aromatic rings. The summed E-state index contributed by atoms with van der Waals surface area (Å²) in [5.41, 5.74) is 1.33. The van der Waals surface area contributed by atoms with Gasteiger partial charge in [-0.15, -0.1) is 11.6 Å². The van der Waals surface area contributed by atoms with Gasteiger partial charge < -0.3 is 4.74 Å². The average Bonchev–Trinajstić information content (AvgIpc) is 2.25. The van der Waals surface area contributed by atoms with Gasteiger partial charge in [-0.2, -0.15) is 0 Å². The van der Waals surface area contributed by atoms with Gasteiger partial charge in [-0.3, -0.25) is 0 Å². The molecule has 0 atom stereocenters. The first-order valence-electron chi connectivity index (χ1n) is 5.50. The van der Waals surface area contributed by atoms with E-state index in [4.69, 9.17) is 16.3 Å². The van der Waals surface area contributed by atoms with Crippen molar-refractivity contribution >= 4 is 11.6 Å². The lowest BCUT2D eigenvalue weighted by molar-refractivity contribution is 0.271. The molecular formula is C13H19ClO. The topological polar surface area (TPSA) is 9.23 Å². The van der Waals surface area contributed by atoms with Gasteiger partial charge in [-0.25, -0.2) is 0 Å². The number of rotatable bonds is 6. The fourth-order valence-electron chi connectivity index (χ4n) is 1.29. The Balaban J connectivity index is 2.41. The second-order valence-electron chi connectivity index (χ2n) is 4.14. The summed E-state index contributed by atoms with van der Waals surface area (Å²) in [7, 11) is 0. The van der Waals surface area contributed by atoms with Crippen LogP contribution >= 0.6 is 11.6 Å². The molecule has 0 aromatic heterocycles. The largest absolute Gasteiger partial charge is 0.493 e. The Morgan fingerprint density at radius 1 is 1.20 bits per heavy atom. The van der Waals surface area contributed by atoms with Gasteiger partial charge in [-0.1, -0.05) is 26.0 Å². The van der Waals surface area contributed by atoms with Crippen LogP contribution < -0.4 is 4.74 Å². The third kappa shape index (κ3) is 5.08. The van der Waals surface area contributed by atoms with E-state index < -0.39 is 0 Å². The normalized spacial score (nSPS) is 10.7. The summed E-state index contributed by atoms with van der Waals surface area (Å²) in [6, 6.07) is 8.29. The standard InChI is InChI=1S/C13H19ClO/c1-11(2)10-15-13-7-5-12(6-8-13)4-3-9-14/h5-8,11H,3-4,9-10H2,1-2H3. The van der Waals surface area contributed by atoms with Crippen molar-refractivity contribution in [2.75, 3.05) is 12.5 Å². The number of ether oxygens (including phenoxy) is 1. The lowest BCUT2D eigenvalue weighted by Gasteiger charge is -2.08. The van der Waals surface area contributed by atoms with Crippen LogP contribution in [0.15, 0.2) is 24.3 Å². The minimum absolute atomic E-state index is 0.570. The van der Waals surface area contributed by atoms with Crippen LogP contribution in [-0.2, 0) is 6.42 Å². The summed E-state index contributed by atoms with van der Waals surface area (Å²) in [6.45, 7) is 5.07. The molecule has 0 N–H and O–H groups in total. The van der Waals surface area contributed by atoms with Crippen molar-refractivity contribution in [1.29, 1.82) is 0 Å². The first-order chi connectivity index (χ1) is 7.22. The van der Waals surface area contributed by atoms with Crippen LogP contribution in [0.25, 0.3) is 0 Å². The van der Waals surface area contributed by atoms with E-state index in [1.54, 1.807) is 0 Å². The Hall–Kier alpha value is -0.690. The van der Waals surface area contributed by atoms with Crippen LogP contribution in [0.4, 0.5) is 0 Å². The zero-order valence-corrected chi connectivity index (χ0v) is 10.3. The Bertz CT molecular complexity index is 266. The van der Waals surface area contributed by atoms with E-state index >= 15 is 0 Å². The van der Waals surface area contributed by atoms with E-state index in [-0.39, 0.29) is 0 Å². The van der Waals surface area contributed by atoms with Crippen molar-refractivity contribution in [2.24, 2.45) is 5.92 Å². The highest BCUT2D eigenvalue weighted by Crippen LogP contribution is 2.14. The number of hydrogen-bond donors (Lipinski definition) is 0. The van der Waals surface area contributed by atoms with Crippen molar-refractivity contribution in [2.45, 2.75) is 26.7 Å². The highest BCUT2D eigenvalue weighted by atomic mass is 35.5. The van der Waals surface area contributed by atoms with Gasteiger partial charge in [-0.05, 0) is 36.5 Å². The molecule has 0 saturated heterocycles. The van der Waals surface area contributed by atoms with Crippen molar-refractivity contribution in [1.82, 2.24) is 0 Å². The highest BCUT2D eigenvalue weighted by molar-refractivity contribution is 6.17. The summed E-state index contributed by atoms with van der Waals surface area (Å²) in [6.07, 6.45) is 2.09. The van der Waals surface area contributed by atoms with Crippen LogP contribution in [0.3, 0.4) is 0 Å². The summed E-state index contributed by atoms with van der Waals surface area (Å²) in [4.78, 5) is 0. The van der Waals surface area contributed by atoms with Gasteiger partial charge in [0.2, 0.25) is 0 Å². The second kappa shape index (κ2) is 6.73. The van der Waals surface area contributed by atoms with Gasteiger partial charge in [0.25, 0.3) is 0 Å². The maximum absolute atomic E-state index is 5.64. The predicted molar refractivity (Wildman–Crippen MR) is 65.8 cm³/mol. The van der Waals surface area contributed by atoms with Gasteiger partial charge in [0, 0.05) is 5.88 Å². The summed E-state index contributed by atoms with van der Waals surface area (Å²) >= 11 is 5.64. The van der Waals surface area contributed by atoms with Crippen molar-refractivity contribution in [3.05, 3.63) is 29.8 Å². The number of alkyl halides is 1. The summed E-state index contributed by atoms with van der Waals surface area (Å²) < 4.78 is 5.60. The van der Waals surface area contributed by atoms with E-state index in [1.165, 1.54) is 5.56 Å². The Morgan fingerprint density at radius 2 is 1.87 bits per heavy atom. The molecule has 0 aliphatic rings. The quantitative estimate of drug-likeness (QED) is 0.669. The molecule has 15 heavy (non-hydrogen) atoms. The molecule has 0 aliphatic heterocycles. The first kappa shape index (κ1) is 12.4. The van der Waals surface area contributed by atoms with Gasteiger partial charge in [0.05, 0.1) is 6.61 Å². The number of benzene rings is 1. The fourth-order valence-corrected chi connectivity index (χ4v) is 1.42. The van der Waals surface area contributed by atoms with Crippen LogP contribution in [0.2, 0.25) is 0 Å². The van der Waals surface area contributed by atoms with E-state index in [9.17, 15) is 0 Å². The zero-order valence-electron chi connectivity index (χ0n) is 9.50. The number of halogens is 1. The summed E-state index contributed by atoms with van der Waals surface area (Å²) in [5.74, 6) is 2.25. The molecule has 1 aromatic carbocycles. The van der Waals surface area contributed by atoms with Crippen LogP contribution in [0.5, 0.6) is 5.75 Å². The third-order valence-corrected chi connectivity index (χ3v) is 2.37. The number of hydrogen-bond acceptors (Lipinski definition) is 1. The Labute approximate surface area is 97.4 Å². The van der Waals surface area contributed by atoms with E-state index in [0.29, 0.717) is 5.92 Å². The highest BCUT2D eigenvalue weighted by Gasteiger charge is 1.97. The number of aryl methyl sites for hydroxylation is 1. The van der Waals surface area contributed by atoms with Crippen molar-refractivity contribution < 1.29 is 4.74 Å². The smallest absolute Gasteiger partial charge is 0.119 e. The lowest BCUT2D eigenvalue weighted by Crippen LogP contribution is -2.04. The molecule has 0 amide bonds. The molecule has 0 heterocycles. The molecule has 0 aliphatic carbocycles. The lowest BCUT2D eigenvalue weighted by atomic mass is 10.1. The molecule has 84 valence electrons. The predicted octanol–water partition coefficient (Wildman–Crippen LogP) is 3.89. The van der Waals surface area contributed by atoms with E-state index in [0.717, 1.165) is 31.1 Å². The van der Waals surface area contributed by atoms with Crippen LogP contribution in [0.1, 0.15) is 25.8 Å². The average molecular weight is 227 g/mol. The molecule has 0 radical (unpaired) electrons. The molecule has 1 nitrogen and oxygen atoms in total. The van der Waals surface area contributed by atoms with E-state index in [1.807, 2.05) is 12.1 Å². The van der Waals surface area contributed by atoms with Crippen molar-refractivity contribution in [3.8, 4) is 5.75 Å². The SMILES string of the molecule is CC(C)COc1ccc(CCCCl)cc1. The second-order valence-corrected chi connectivity index (χ2v) is 4.52. The minimum atomic E-state index is 0.570. The maximum Gasteiger partial charge on any atom is 0.119 e.